The van der Waals surface area contributed by atoms with Crippen LogP contribution in [0.3, 0.4) is 0 Å². The van der Waals surface area contributed by atoms with E-state index in [9.17, 15) is 4.79 Å². The summed E-state index contributed by atoms with van der Waals surface area (Å²) in [6.07, 6.45) is 1.70. The SMILES string of the molecule is C=C(C)N1CCC2(CC1)C(=O)NCN2c1ccccc1. The molecule has 0 aromatic heterocycles. The first kappa shape index (κ1) is 13.0. The zero-order chi connectivity index (χ0) is 14.2. The number of amides is 1. The number of nitrogens with one attached hydrogen (secondary N) is 1. The van der Waals surface area contributed by atoms with Crippen LogP contribution in [-0.4, -0.2) is 36.1 Å². The van der Waals surface area contributed by atoms with Crippen LogP contribution in [0.5, 0.6) is 0 Å². The highest BCUT2D eigenvalue weighted by atomic mass is 16.2. The molecule has 0 aliphatic carbocycles. The molecule has 2 heterocycles. The monoisotopic (exact) mass is 271 g/mol. The summed E-state index contributed by atoms with van der Waals surface area (Å²) in [5, 5.41) is 3.02. The third-order valence-electron chi connectivity index (χ3n) is 4.54. The number of nitrogens with zero attached hydrogens (tertiary/aromatic N) is 2. The van der Waals surface area contributed by atoms with Crippen molar-refractivity contribution in [1.82, 2.24) is 10.2 Å². The highest BCUT2D eigenvalue weighted by Gasteiger charge is 2.50. The average Bonchev–Trinajstić information content (AvgIpc) is 2.78. The Morgan fingerprint density at radius 1 is 1.25 bits per heavy atom. The van der Waals surface area contributed by atoms with Crippen molar-refractivity contribution in [1.29, 1.82) is 0 Å². The Morgan fingerprint density at radius 2 is 1.90 bits per heavy atom. The largest absolute Gasteiger partial charge is 0.375 e. The second-order valence-electron chi connectivity index (χ2n) is 5.68. The van der Waals surface area contributed by atoms with Crippen LogP contribution in [0.2, 0.25) is 0 Å². The maximum absolute atomic E-state index is 12.4. The van der Waals surface area contributed by atoms with E-state index in [4.69, 9.17) is 0 Å². The van der Waals surface area contributed by atoms with Crippen LogP contribution >= 0.6 is 0 Å². The predicted octanol–water partition coefficient (Wildman–Crippen LogP) is 1.95. The highest BCUT2D eigenvalue weighted by Crippen LogP contribution is 2.36. The molecule has 1 N–H and O–H groups in total. The Bertz CT molecular complexity index is 518. The van der Waals surface area contributed by atoms with Crippen LogP contribution in [0.1, 0.15) is 19.8 Å². The molecule has 4 heteroatoms. The molecular formula is C16H21N3O. The molecule has 2 aliphatic rings. The molecule has 20 heavy (non-hydrogen) atoms. The van der Waals surface area contributed by atoms with Crippen molar-refractivity contribution >= 4 is 11.6 Å². The van der Waals surface area contributed by atoms with Crippen LogP contribution in [-0.2, 0) is 4.79 Å². The smallest absolute Gasteiger partial charge is 0.247 e. The standard InChI is InChI=1S/C16H21N3O/c1-13(2)18-10-8-16(9-11-18)15(20)17-12-19(16)14-6-4-3-5-7-14/h3-7H,1,8-12H2,2H3,(H,17,20). The zero-order valence-electron chi connectivity index (χ0n) is 11.9. The van der Waals surface area contributed by atoms with Crippen molar-refractivity contribution < 1.29 is 4.79 Å². The predicted molar refractivity (Wildman–Crippen MR) is 80.3 cm³/mol. The first-order valence-corrected chi connectivity index (χ1v) is 7.15. The van der Waals surface area contributed by atoms with E-state index in [0.29, 0.717) is 6.67 Å². The Balaban J connectivity index is 1.86. The van der Waals surface area contributed by atoms with Crippen LogP contribution in [0.25, 0.3) is 0 Å². The second kappa shape index (κ2) is 4.85. The van der Waals surface area contributed by atoms with Gasteiger partial charge in [-0.25, -0.2) is 0 Å². The van der Waals surface area contributed by atoms with Gasteiger partial charge in [0.25, 0.3) is 0 Å². The molecule has 0 bridgehead atoms. The molecule has 0 unspecified atom stereocenters. The quantitative estimate of drug-likeness (QED) is 0.893. The minimum Gasteiger partial charge on any atom is -0.375 e. The number of carbonyl (C=O) groups excluding carboxylic acids is 1. The lowest BCUT2D eigenvalue weighted by molar-refractivity contribution is -0.124. The van der Waals surface area contributed by atoms with Gasteiger partial charge in [-0.15, -0.1) is 0 Å². The topological polar surface area (TPSA) is 35.6 Å². The number of anilines is 1. The Labute approximate surface area is 120 Å². The van der Waals surface area contributed by atoms with E-state index >= 15 is 0 Å². The molecule has 1 aromatic rings. The fraction of sp³-hybridized carbons (Fsp3) is 0.438. The molecular weight excluding hydrogens is 250 g/mol. The lowest BCUT2D eigenvalue weighted by Gasteiger charge is -2.44. The second-order valence-corrected chi connectivity index (χ2v) is 5.68. The van der Waals surface area contributed by atoms with Crippen LogP contribution < -0.4 is 10.2 Å². The molecule has 1 aromatic carbocycles. The third-order valence-corrected chi connectivity index (χ3v) is 4.54. The van der Waals surface area contributed by atoms with Gasteiger partial charge in [0.15, 0.2) is 0 Å². The summed E-state index contributed by atoms with van der Waals surface area (Å²) in [6.45, 7) is 8.43. The zero-order valence-corrected chi connectivity index (χ0v) is 11.9. The lowest BCUT2D eigenvalue weighted by atomic mass is 9.85. The number of hydrogen-bond donors (Lipinski definition) is 1. The maximum atomic E-state index is 12.4. The summed E-state index contributed by atoms with van der Waals surface area (Å²) in [5.41, 5.74) is 1.83. The summed E-state index contributed by atoms with van der Waals surface area (Å²) >= 11 is 0. The van der Waals surface area contributed by atoms with Crippen molar-refractivity contribution in [3.05, 3.63) is 42.6 Å². The van der Waals surface area contributed by atoms with Gasteiger partial charge >= 0.3 is 0 Å². The molecule has 2 saturated heterocycles. The minimum atomic E-state index is -0.382. The number of para-hydroxylation sites is 1. The van der Waals surface area contributed by atoms with Gasteiger partial charge in [-0.3, -0.25) is 4.79 Å². The van der Waals surface area contributed by atoms with E-state index in [1.165, 1.54) is 0 Å². The number of rotatable bonds is 2. The van der Waals surface area contributed by atoms with Crippen LogP contribution in [0.4, 0.5) is 5.69 Å². The van der Waals surface area contributed by atoms with Crippen LogP contribution in [0, 0.1) is 0 Å². The van der Waals surface area contributed by atoms with Crippen molar-refractivity contribution in [3.63, 3.8) is 0 Å². The van der Waals surface area contributed by atoms with Gasteiger partial charge in [-0.05, 0) is 31.9 Å². The number of hydrogen-bond acceptors (Lipinski definition) is 3. The van der Waals surface area contributed by atoms with Gasteiger partial charge in [0.1, 0.15) is 5.54 Å². The van der Waals surface area contributed by atoms with Crippen molar-refractivity contribution in [2.75, 3.05) is 24.7 Å². The van der Waals surface area contributed by atoms with E-state index in [2.05, 4.69) is 33.8 Å². The molecule has 2 aliphatic heterocycles. The summed E-state index contributed by atoms with van der Waals surface area (Å²) in [4.78, 5) is 16.9. The average molecular weight is 271 g/mol. The van der Waals surface area contributed by atoms with E-state index < -0.39 is 0 Å². The number of piperidine rings is 1. The maximum Gasteiger partial charge on any atom is 0.247 e. The van der Waals surface area contributed by atoms with E-state index in [-0.39, 0.29) is 11.4 Å². The van der Waals surface area contributed by atoms with Gasteiger partial charge in [0.2, 0.25) is 5.91 Å². The van der Waals surface area contributed by atoms with E-state index in [1.807, 2.05) is 25.1 Å². The minimum absolute atomic E-state index is 0.169. The lowest BCUT2D eigenvalue weighted by Crippen LogP contribution is -2.56. The third kappa shape index (κ3) is 1.96. The Kier molecular flexibility index (Phi) is 3.16. The Hall–Kier alpha value is -1.97. The summed E-state index contributed by atoms with van der Waals surface area (Å²) in [5.74, 6) is 0.169. The van der Waals surface area contributed by atoms with Gasteiger partial charge in [-0.1, -0.05) is 24.8 Å². The summed E-state index contributed by atoms with van der Waals surface area (Å²) in [7, 11) is 0. The molecule has 0 saturated carbocycles. The molecule has 1 amide bonds. The normalized spacial score (nSPS) is 21.1. The van der Waals surface area contributed by atoms with E-state index in [1.54, 1.807) is 0 Å². The highest BCUT2D eigenvalue weighted by molar-refractivity contribution is 5.93. The molecule has 3 rings (SSSR count). The van der Waals surface area contributed by atoms with Gasteiger partial charge in [-0.2, -0.15) is 0 Å². The molecule has 0 atom stereocenters. The molecule has 106 valence electrons. The van der Waals surface area contributed by atoms with Crippen molar-refractivity contribution in [3.8, 4) is 0 Å². The number of allylic oxidation sites excluding steroid dienone is 1. The van der Waals surface area contributed by atoms with Crippen LogP contribution in [0.15, 0.2) is 42.6 Å². The number of benzene rings is 1. The summed E-state index contributed by atoms with van der Waals surface area (Å²) in [6, 6.07) is 10.2. The van der Waals surface area contributed by atoms with Gasteiger partial charge in [0.05, 0.1) is 6.67 Å². The molecule has 1 spiro atoms. The first-order chi connectivity index (χ1) is 9.63. The van der Waals surface area contributed by atoms with Gasteiger partial charge < -0.3 is 15.1 Å². The van der Waals surface area contributed by atoms with E-state index in [0.717, 1.165) is 37.3 Å². The van der Waals surface area contributed by atoms with Crippen molar-refractivity contribution in [2.45, 2.75) is 25.3 Å². The molecule has 2 fully saturated rings. The number of likely N-dealkylation sites (tertiary alicyclic amines) is 1. The molecule has 0 radical (unpaired) electrons. The molecule has 4 nitrogen and oxygen atoms in total. The first-order valence-electron chi connectivity index (χ1n) is 7.15. The number of carbonyl (C=O) groups is 1. The fourth-order valence-corrected chi connectivity index (χ4v) is 3.29. The Morgan fingerprint density at radius 3 is 2.50 bits per heavy atom. The van der Waals surface area contributed by atoms with Gasteiger partial charge in [0, 0.05) is 24.5 Å². The fourth-order valence-electron chi connectivity index (χ4n) is 3.29. The van der Waals surface area contributed by atoms with Crippen molar-refractivity contribution in [2.24, 2.45) is 0 Å². The summed E-state index contributed by atoms with van der Waals surface area (Å²) < 4.78 is 0.